The van der Waals surface area contributed by atoms with E-state index in [9.17, 15) is 0 Å². The number of hydrogen-bond donors (Lipinski definition) is 0. The molecule has 0 saturated carbocycles. The fraction of sp³-hybridized carbons (Fsp3) is 0.154. The summed E-state index contributed by atoms with van der Waals surface area (Å²) < 4.78 is 5.58. The summed E-state index contributed by atoms with van der Waals surface area (Å²) in [5.74, 6) is 1.51. The van der Waals surface area contributed by atoms with Gasteiger partial charge in [-0.15, -0.1) is 21.5 Å². The first kappa shape index (κ1) is 11.9. The van der Waals surface area contributed by atoms with Crippen molar-refractivity contribution in [1.29, 1.82) is 0 Å². The lowest BCUT2D eigenvalue weighted by Gasteiger charge is -2.04. The van der Waals surface area contributed by atoms with Gasteiger partial charge in [0.25, 0.3) is 0 Å². The summed E-state index contributed by atoms with van der Waals surface area (Å²) in [5, 5.41) is 14.3. The van der Waals surface area contributed by atoms with Gasteiger partial charge >= 0.3 is 0 Å². The van der Waals surface area contributed by atoms with Crippen LogP contribution in [-0.4, -0.2) is 26.8 Å². The van der Waals surface area contributed by atoms with Crippen LogP contribution in [0.25, 0.3) is 10.7 Å². The number of ether oxygens (including phenoxy) is 1. The molecule has 0 aliphatic heterocycles. The van der Waals surface area contributed by atoms with Gasteiger partial charge in [0.2, 0.25) is 5.82 Å². The van der Waals surface area contributed by atoms with E-state index in [0.717, 1.165) is 10.6 Å². The lowest BCUT2D eigenvalue weighted by Crippen LogP contribution is -2.10. The van der Waals surface area contributed by atoms with Gasteiger partial charge in [0.1, 0.15) is 12.4 Å². The predicted octanol–water partition coefficient (Wildman–Crippen LogP) is 2.48. The van der Waals surface area contributed by atoms with E-state index >= 15 is 0 Å². The van der Waals surface area contributed by atoms with Crippen LogP contribution in [0.5, 0.6) is 5.75 Å². The fourth-order valence-corrected chi connectivity index (χ4v) is 2.25. The van der Waals surface area contributed by atoms with E-state index in [-0.39, 0.29) is 0 Å². The third-order valence-corrected chi connectivity index (χ3v) is 3.36. The summed E-state index contributed by atoms with van der Waals surface area (Å²) in [7, 11) is 0. The molecule has 6 heteroatoms. The average Bonchev–Trinajstić information content (AvgIpc) is 3.10. The van der Waals surface area contributed by atoms with Gasteiger partial charge in [-0.2, -0.15) is 4.80 Å². The topological polar surface area (TPSA) is 52.8 Å². The van der Waals surface area contributed by atoms with Crippen LogP contribution in [0.4, 0.5) is 0 Å². The quantitative estimate of drug-likeness (QED) is 0.716. The molecule has 0 radical (unpaired) electrons. The van der Waals surface area contributed by atoms with Crippen LogP contribution in [0.2, 0.25) is 0 Å². The highest BCUT2D eigenvalue weighted by Gasteiger charge is 2.06. The molecule has 0 unspecified atom stereocenters. The van der Waals surface area contributed by atoms with Gasteiger partial charge in [-0.05, 0) is 28.8 Å². The van der Waals surface area contributed by atoms with Crippen LogP contribution in [0.1, 0.15) is 0 Å². The van der Waals surface area contributed by atoms with Gasteiger partial charge in [-0.3, -0.25) is 0 Å². The van der Waals surface area contributed by atoms with Crippen molar-refractivity contribution in [3.8, 4) is 16.5 Å². The van der Waals surface area contributed by atoms with Crippen LogP contribution in [-0.2, 0) is 6.54 Å². The molecule has 0 aliphatic rings. The lowest BCUT2D eigenvalue weighted by atomic mass is 10.3. The van der Waals surface area contributed by atoms with E-state index in [1.807, 2.05) is 47.8 Å². The Bertz CT molecular complexity index is 621. The van der Waals surface area contributed by atoms with Crippen molar-refractivity contribution in [1.82, 2.24) is 20.2 Å². The number of tetrazole rings is 1. The number of aromatic nitrogens is 4. The first-order valence-electron chi connectivity index (χ1n) is 5.91. The third-order valence-electron chi connectivity index (χ3n) is 2.50. The smallest absolute Gasteiger partial charge is 0.214 e. The second-order valence-electron chi connectivity index (χ2n) is 3.85. The molecule has 0 atom stereocenters. The summed E-state index contributed by atoms with van der Waals surface area (Å²) in [5.41, 5.74) is 0. The zero-order valence-corrected chi connectivity index (χ0v) is 11.0. The van der Waals surface area contributed by atoms with E-state index in [4.69, 9.17) is 4.74 Å². The Labute approximate surface area is 114 Å². The Morgan fingerprint density at radius 2 is 2.00 bits per heavy atom. The Morgan fingerprint density at radius 3 is 2.79 bits per heavy atom. The molecule has 0 N–H and O–H groups in total. The summed E-state index contributed by atoms with van der Waals surface area (Å²) in [6.45, 7) is 1.09. The second kappa shape index (κ2) is 5.62. The highest BCUT2D eigenvalue weighted by atomic mass is 32.1. The molecule has 3 rings (SSSR count). The van der Waals surface area contributed by atoms with Crippen molar-refractivity contribution in [2.45, 2.75) is 6.54 Å². The molecule has 5 nitrogen and oxygen atoms in total. The Kier molecular flexibility index (Phi) is 3.51. The molecule has 96 valence electrons. The van der Waals surface area contributed by atoms with Crippen LogP contribution >= 0.6 is 11.3 Å². The van der Waals surface area contributed by atoms with Crippen molar-refractivity contribution >= 4 is 11.3 Å². The molecule has 0 saturated heterocycles. The molecule has 0 spiro atoms. The monoisotopic (exact) mass is 272 g/mol. The number of benzene rings is 1. The number of nitrogens with zero attached hydrogens (tertiary/aromatic N) is 4. The minimum absolute atomic E-state index is 0.518. The molecule has 2 aromatic heterocycles. The first-order chi connectivity index (χ1) is 9.42. The molecule has 2 heterocycles. The third kappa shape index (κ3) is 2.97. The maximum Gasteiger partial charge on any atom is 0.214 e. The maximum atomic E-state index is 5.58. The van der Waals surface area contributed by atoms with Crippen molar-refractivity contribution in [2.24, 2.45) is 0 Å². The Hall–Kier alpha value is -2.21. The van der Waals surface area contributed by atoms with Gasteiger partial charge in [0.05, 0.1) is 11.4 Å². The van der Waals surface area contributed by atoms with Gasteiger partial charge in [-0.1, -0.05) is 24.3 Å². The standard InChI is InChI=1S/C13H12N4OS/c1-2-5-11(6-3-1)18-9-8-17-15-13(14-16-17)12-7-4-10-19-12/h1-7,10H,8-9H2. The zero-order valence-electron chi connectivity index (χ0n) is 10.1. The van der Waals surface area contributed by atoms with Gasteiger partial charge in [-0.25, -0.2) is 0 Å². The van der Waals surface area contributed by atoms with E-state index in [1.54, 1.807) is 16.1 Å². The van der Waals surface area contributed by atoms with Crippen molar-refractivity contribution in [2.75, 3.05) is 6.61 Å². The van der Waals surface area contributed by atoms with Crippen LogP contribution in [0, 0.1) is 0 Å². The van der Waals surface area contributed by atoms with E-state index < -0.39 is 0 Å². The molecule has 0 amide bonds. The van der Waals surface area contributed by atoms with Crippen molar-refractivity contribution in [3.63, 3.8) is 0 Å². The summed E-state index contributed by atoms with van der Waals surface area (Å²) in [4.78, 5) is 2.58. The average molecular weight is 272 g/mol. The van der Waals surface area contributed by atoms with Crippen LogP contribution in [0.3, 0.4) is 0 Å². The molecule has 0 fully saturated rings. The Balaban J connectivity index is 1.56. The second-order valence-corrected chi connectivity index (χ2v) is 4.80. The molecule has 1 aromatic carbocycles. The first-order valence-corrected chi connectivity index (χ1v) is 6.79. The summed E-state index contributed by atoms with van der Waals surface area (Å²) in [6, 6.07) is 13.6. The molecule has 3 aromatic rings. The van der Waals surface area contributed by atoms with E-state index in [1.165, 1.54) is 0 Å². The zero-order chi connectivity index (χ0) is 12.9. The molecule has 0 aliphatic carbocycles. The van der Waals surface area contributed by atoms with Crippen molar-refractivity contribution in [3.05, 3.63) is 47.8 Å². The number of thiophene rings is 1. The minimum Gasteiger partial charge on any atom is -0.492 e. The van der Waals surface area contributed by atoms with Crippen LogP contribution < -0.4 is 4.74 Å². The number of hydrogen-bond acceptors (Lipinski definition) is 5. The predicted molar refractivity (Wildman–Crippen MR) is 73.1 cm³/mol. The summed E-state index contributed by atoms with van der Waals surface area (Å²) >= 11 is 1.60. The normalized spacial score (nSPS) is 10.5. The van der Waals surface area contributed by atoms with Gasteiger partial charge in [0.15, 0.2) is 0 Å². The molecular formula is C13H12N4OS. The number of para-hydroxylation sites is 1. The lowest BCUT2D eigenvalue weighted by molar-refractivity contribution is 0.280. The molecule has 0 bridgehead atoms. The highest BCUT2D eigenvalue weighted by molar-refractivity contribution is 7.13. The van der Waals surface area contributed by atoms with E-state index in [2.05, 4.69) is 15.4 Å². The van der Waals surface area contributed by atoms with Crippen LogP contribution in [0.15, 0.2) is 47.8 Å². The largest absolute Gasteiger partial charge is 0.492 e. The highest BCUT2D eigenvalue weighted by Crippen LogP contribution is 2.19. The fourth-order valence-electron chi connectivity index (χ4n) is 1.60. The molecule has 19 heavy (non-hydrogen) atoms. The number of rotatable bonds is 5. The van der Waals surface area contributed by atoms with Gasteiger partial charge < -0.3 is 4.74 Å². The summed E-state index contributed by atoms with van der Waals surface area (Å²) in [6.07, 6.45) is 0. The van der Waals surface area contributed by atoms with Crippen molar-refractivity contribution < 1.29 is 4.74 Å². The van der Waals surface area contributed by atoms with E-state index in [0.29, 0.717) is 19.0 Å². The maximum absolute atomic E-state index is 5.58. The molecular weight excluding hydrogens is 260 g/mol. The SMILES string of the molecule is c1ccc(OCCn2nnc(-c3cccs3)n2)cc1. The van der Waals surface area contributed by atoms with Gasteiger partial charge in [0, 0.05) is 0 Å². The minimum atomic E-state index is 0.518. The Morgan fingerprint density at radius 1 is 1.11 bits per heavy atom.